The van der Waals surface area contributed by atoms with E-state index in [0.29, 0.717) is 22.7 Å². The molecule has 2 aromatic rings. The molecule has 0 bridgehead atoms. The van der Waals surface area contributed by atoms with Crippen molar-refractivity contribution in [2.75, 3.05) is 10.2 Å². The average molecular weight is 420 g/mol. The van der Waals surface area contributed by atoms with Crippen molar-refractivity contribution in [2.45, 2.75) is 38.9 Å². The van der Waals surface area contributed by atoms with Crippen LogP contribution >= 0.6 is 11.3 Å². The second-order valence-electron chi connectivity index (χ2n) is 8.07. The van der Waals surface area contributed by atoms with E-state index in [-0.39, 0.29) is 28.9 Å². The molecule has 1 aromatic carbocycles. The first-order chi connectivity index (χ1) is 13.6. The third kappa shape index (κ3) is 3.46. The fourth-order valence-corrected chi connectivity index (χ4v) is 4.89. The summed E-state index contributed by atoms with van der Waals surface area (Å²) in [4.78, 5) is 27.0. The second-order valence-corrected chi connectivity index (χ2v) is 9.05. The molecule has 1 aliphatic heterocycles. The Labute approximate surface area is 170 Å². The van der Waals surface area contributed by atoms with E-state index in [4.69, 9.17) is 0 Å². The van der Waals surface area contributed by atoms with Crippen LogP contribution in [0.15, 0.2) is 53.0 Å². The number of ketones is 1. The fourth-order valence-electron chi connectivity index (χ4n) is 4.06. The Morgan fingerprint density at radius 1 is 1.17 bits per heavy atom. The van der Waals surface area contributed by atoms with Crippen molar-refractivity contribution in [3.8, 4) is 0 Å². The fraction of sp³-hybridized carbons (Fsp3) is 0.333. The molecule has 4 nitrogen and oxygen atoms in total. The summed E-state index contributed by atoms with van der Waals surface area (Å²) >= 11 is 1.23. The van der Waals surface area contributed by atoms with Gasteiger partial charge in [-0.3, -0.25) is 14.5 Å². The summed E-state index contributed by atoms with van der Waals surface area (Å²) in [6, 6.07) is 8.61. The highest BCUT2D eigenvalue weighted by Gasteiger charge is 2.50. The minimum atomic E-state index is -5.08. The molecule has 1 atom stereocenters. The third-order valence-electron chi connectivity index (χ3n) is 5.17. The van der Waals surface area contributed by atoms with Crippen molar-refractivity contribution in [3.05, 3.63) is 57.9 Å². The molecular formula is C21H19F3N2O2S. The number of Topliss-reactive ketones (excluding diaryl/α,β-unsaturated/α-hetero) is 1. The van der Waals surface area contributed by atoms with Gasteiger partial charge in [0.25, 0.3) is 0 Å². The quantitative estimate of drug-likeness (QED) is 0.667. The number of halogens is 3. The van der Waals surface area contributed by atoms with Gasteiger partial charge in [0.15, 0.2) is 5.78 Å². The predicted octanol–water partition coefficient (Wildman–Crippen LogP) is 5.45. The molecule has 152 valence electrons. The second kappa shape index (κ2) is 6.73. The van der Waals surface area contributed by atoms with Gasteiger partial charge in [0.2, 0.25) is 0 Å². The SMILES string of the molecule is CC1(C)CC(=O)C2=C(C1)Nc1ccccc1N(C(=O)C(F)(F)F)[C@H]2c1cccs1. The van der Waals surface area contributed by atoms with Gasteiger partial charge in [-0.05, 0) is 35.4 Å². The number of rotatable bonds is 1. The summed E-state index contributed by atoms with van der Waals surface area (Å²) in [6.07, 6.45) is -4.37. The highest BCUT2D eigenvalue weighted by molar-refractivity contribution is 7.10. The van der Waals surface area contributed by atoms with Crippen LogP contribution in [0, 0.1) is 5.41 Å². The molecular weight excluding hydrogens is 401 g/mol. The first-order valence-electron chi connectivity index (χ1n) is 9.14. The Morgan fingerprint density at radius 2 is 1.90 bits per heavy atom. The van der Waals surface area contributed by atoms with Crippen LogP contribution in [0.4, 0.5) is 24.5 Å². The number of carbonyl (C=O) groups excluding carboxylic acids is 2. The van der Waals surface area contributed by atoms with Gasteiger partial charge in [-0.1, -0.05) is 32.0 Å². The number of fused-ring (bicyclic) bond motifs is 1. The topological polar surface area (TPSA) is 49.4 Å². The van der Waals surface area contributed by atoms with Crippen LogP contribution in [0.2, 0.25) is 0 Å². The van der Waals surface area contributed by atoms with Gasteiger partial charge >= 0.3 is 12.1 Å². The summed E-state index contributed by atoms with van der Waals surface area (Å²) in [5.41, 5.74) is 0.965. The minimum Gasteiger partial charge on any atom is -0.357 e. The van der Waals surface area contributed by atoms with Crippen molar-refractivity contribution in [2.24, 2.45) is 5.41 Å². The maximum atomic E-state index is 13.6. The van der Waals surface area contributed by atoms with Crippen LogP contribution in [0.5, 0.6) is 0 Å². The molecule has 0 spiro atoms. The van der Waals surface area contributed by atoms with Gasteiger partial charge in [0.05, 0.1) is 11.4 Å². The number of hydrogen-bond donors (Lipinski definition) is 1. The lowest BCUT2D eigenvalue weighted by Crippen LogP contribution is -2.45. The zero-order valence-electron chi connectivity index (χ0n) is 15.8. The first kappa shape index (κ1) is 19.7. The molecule has 0 saturated heterocycles. The largest absolute Gasteiger partial charge is 0.471 e. The number of allylic oxidation sites excluding steroid dienone is 1. The number of amides is 1. The first-order valence-corrected chi connectivity index (χ1v) is 10.0. The molecule has 2 aliphatic rings. The molecule has 1 aromatic heterocycles. The number of anilines is 2. The van der Waals surface area contributed by atoms with Crippen molar-refractivity contribution in [1.82, 2.24) is 0 Å². The monoisotopic (exact) mass is 420 g/mol. The van der Waals surface area contributed by atoms with E-state index in [1.165, 1.54) is 17.4 Å². The van der Waals surface area contributed by atoms with Crippen LogP contribution in [-0.4, -0.2) is 17.9 Å². The van der Waals surface area contributed by atoms with E-state index in [9.17, 15) is 22.8 Å². The third-order valence-corrected chi connectivity index (χ3v) is 6.10. The molecule has 0 radical (unpaired) electrons. The summed E-state index contributed by atoms with van der Waals surface area (Å²) in [7, 11) is 0. The number of carbonyl (C=O) groups is 2. The van der Waals surface area contributed by atoms with E-state index in [2.05, 4.69) is 5.32 Å². The molecule has 1 aliphatic carbocycles. The maximum absolute atomic E-state index is 13.6. The van der Waals surface area contributed by atoms with Gasteiger partial charge in [-0.25, -0.2) is 0 Å². The number of hydrogen-bond acceptors (Lipinski definition) is 4. The molecule has 8 heteroatoms. The standard InChI is InChI=1S/C21H19F3N2O2S/c1-20(2)10-13-17(15(27)11-20)18(16-8-5-9-29-16)26(19(28)21(22,23)24)14-7-4-3-6-12(14)25-13/h3-9,18,25H,10-11H2,1-2H3/t18-/m0/s1. The molecule has 4 rings (SSSR count). The maximum Gasteiger partial charge on any atom is 0.471 e. The molecule has 0 fully saturated rings. The number of nitrogens with zero attached hydrogens (tertiary/aromatic N) is 1. The zero-order valence-corrected chi connectivity index (χ0v) is 16.7. The van der Waals surface area contributed by atoms with E-state index in [1.807, 2.05) is 13.8 Å². The molecule has 2 heterocycles. The van der Waals surface area contributed by atoms with Gasteiger partial charge in [0.1, 0.15) is 6.04 Å². The predicted molar refractivity (Wildman–Crippen MR) is 106 cm³/mol. The Hall–Kier alpha value is -2.61. The highest BCUT2D eigenvalue weighted by Crippen LogP contribution is 2.49. The van der Waals surface area contributed by atoms with E-state index >= 15 is 0 Å². The van der Waals surface area contributed by atoms with Crippen LogP contribution in [0.25, 0.3) is 0 Å². The molecule has 0 saturated carbocycles. The molecule has 1 amide bonds. The minimum absolute atomic E-state index is 0.105. The Morgan fingerprint density at radius 3 is 2.55 bits per heavy atom. The van der Waals surface area contributed by atoms with Crippen LogP contribution in [0.3, 0.4) is 0 Å². The lowest BCUT2D eigenvalue weighted by molar-refractivity contribution is -0.170. The summed E-state index contributed by atoms with van der Waals surface area (Å²) in [5, 5.41) is 4.91. The number of benzene rings is 1. The van der Waals surface area contributed by atoms with Gasteiger partial charge < -0.3 is 5.32 Å². The lowest BCUT2D eigenvalue weighted by Gasteiger charge is -2.36. The smallest absolute Gasteiger partial charge is 0.357 e. The van der Waals surface area contributed by atoms with Crippen LogP contribution < -0.4 is 10.2 Å². The zero-order chi connectivity index (χ0) is 21.0. The van der Waals surface area contributed by atoms with Gasteiger partial charge in [-0.15, -0.1) is 11.3 Å². The summed E-state index contributed by atoms with van der Waals surface area (Å²) in [5.74, 6) is -2.23. The molecule has 29 heavy (non-hydrogen) atoms. The van der Waals surface area contributed by atoms with Gasteiger partial charge in [-0.2, -0.15) is 13.2 Å². The Bertz CT molecular complexity index is 1010. The van der Waals surface area contributed by atoms with Crippen molar-refractivity contribution < 1.29 is 22.8 Å². The number of thiophene rings is 1. The lowest BCUT2D eigenvalue weighted by atomic mass is 9.74. The van der Waals surface area contributed by atoms with Crippen molar-refractivity contribution in [1.29, 1.82) is 0 Å². The number of para-hydroxylation sites is 2. The molecule has 1 N–H and O–H groups in total. The Balaban J connectivity index is 2.02. The highest BCUT2D eigenvalue weighted by atomic mass is 32.1. The van der Waals surface area contributed by atoms with E-state index in [1.54, 1.807) is 35.7 Å². The van der Waals surface area contributed by atoms with Crippen LogP contribution in [-0.2, 0) is 9.59 Å². The summed E-state index contributed by atoms with van der Waals surface area (Å²) < 4.78 is 40.8. The molecule has 0 unspecified atom stereocenters. The van der Waals surface area contributed by atoms with E-state index < -0.39 is 18.1 Å². The van der Waals surface area contributed by atoms with Crippen LogP contribution in [0.1, 0.15) is 37.6 Å². The average Bonchev–Trinajstić information content (AvgIpc) is 3.09. The van der Waals surface area contributed by atoms with Crippen molar-refractivity contribution in [3.63, 3.8) is 0 Å². The normalized spacial score (nSPS) is 21.2. The number of nitrogens with one attached hydrogen (secondary N) is 1. The Kier molecular flexibility index (Phi) is 4.57. The van der Waals surface area contributed by atoms with Gasteiger partial charge in [0, 0.05) is 22.6 Å². The number of alkyl halides is 3. The van der Waals surface area contributed by atoms with Crippen molar-refractivity contribution >= 4 is 34.4 Å². The van der Waals surface area contributed by atoms with E-state index in [0.717, 1.165) is 4.90 Å². The summed E-state index contributed by atoms with van der Waals surface area (Å²) in [6.45, 7) is 3.90.